The van der Waals surface area contributed by atoms with Crippen LogP contribution in [0.15, 0.2) is 35.7 Å². The van der Waals surface area contributed by atoms with E-state index in [1.165, 1.54) is 10.4 Å². The molecule has 0 radical (unpaired) electrons. The summed E-state index contributed by atoms with van der Waals surface area (Å²) in [5.41, 5.74) is 2.13. The minimum atomic E-state index is 0.0138. The van der Waals surface area contributed by atoms with E-state index in [-0.39, 0.29) is 12.0 Å². The zero-order valence-electron chi connectivity index (χ0n) is 14.8. The van der Waals surface area contributed by atoms with Gasteiger partial charge in [-0.2, -0.15) is 0 Å². The average Bonchev–Trinajstić information content (AvgIpc) is 3.31. The second-order valence-electron chi connectivity index (χ2n) is 6.85. The summed E-state index contributed by atoms with van der Waals surface area (Å²) in [5, 5.41) is 5.12. The van der Waals surface area contributed by atoms with E-state index in [9.17, 15) is 4.79 Å². The molecule has 1 aromatic heterocycles. The highest BCUT2D eigenvalue weighted by atomic mass is 32.1. The molecule has 0 spiro atoms. The fourth-order valence-electron chi connectivity index (χ4n) is 3.47. The number of hydrogen-bond donors (Lipinski definition) is 1. The van der Waals surface area contributed by atoms with Crippen molar-refractivity contribution in [3.05, 3.63) is 46.2 Å². The Hall–Kier alpha value is -1.89. The monoisotopic (exact) mass is 372 g/mol. The highest BCUT2D eigenvalue weighted by Crippen LogP contribution is 2.24. The molecule has 0 saturated carbocycles. The molecule has 6 heteroatoms. The molecule has 5 nitrogen and oxygen atoms in total. The van der Waals surface area contributed by atoms with Crippen LogP contribution >= 0.6 is 11.3 Å². The van der Waals surface area contributed by atoms with E-state index in [1.54, 1.807) is 0 Å². The third-order valence-electron chi connectivity index (χ3n) is 4.83. The predicted molar refractivity (Wildman–Crippen MR) is 103 cm³/mol. The SMILES string of the molecule is O=C(CN1CCc2sccc2C1)Nc1cccc(OCC2CCCO2)c1. The van der Waals surface area contributed by atoms with E-state index in [0.29, 0.717) is 13.2 Å². The summed E-state index contributed by atoms with van der Waals surface area (Å²) in [4.78, 5) is 16.1. The van der Waals surface area contributed by atoms with Crippen LogP contribution < -0.4 is 10.1 Å². The fraction of sp³-hybridized carbons (Fsp3) is 0.450. The smallest absolute Gasteiger partial charge is 0.238 e. The summed E-state index contributed by atoms with van der Waals surface area (Å²) in [7, 11) is 0. The molecule has 0 bridgehead atoms. The number of fused-ring (bicyclic) bond motifs is 1. The van der Waals surface area contributed by atoms with Crippen molar-refractivity contribution in [3.8, 4) is 5.75 Å². The van der Waals surface area contributed by atoms with Crippen LogP contribution in [0.4, 0.5) is 5.69 Å². The van der Waals surface area contributed by atoms with Gasteiger partial charge in [-0.05, 0) is 48.4 Å². The van der Waals surface area contributed by atoms with E-state index in [2.05, 4.69) is 21.7 Å². The number of hydrogen-bond acceptors (Lipinski definition) is 5. The van der Waals surface area contributed by atoms with Gasteiger partial charge >= 0.3 is 0 Å². The second kappa shape index (κ2) is 8.20. The minimum Gasteiger partial charge on any atom is -0.491 e. The highest BCUT2D eigenvalue weighted by Gasteiger charge is 2.19. The molecular weight excluding hydrogens is 348 g/mol. The summed E-state index contributed by atoms with van der Waals surface area (Å²) in [6, 6.07) is 9.75. The van der Waals surface area contributed by atoms with Crippen molar-refractivity contribution in [2.75, 3.05) is 31.6 Å². The van der Waals surface area contributed by atoms with E-state index >= 15 is 0 Å². The van der Waals surface area contributed by atoms with Crippen LogP contribution in [0.1, 0.15) is 23.3 Å². The van der Waals surface area contributed by atoms with Crippen LogP contribution in [0.2, 0.25) is 0 Å². The topological polar surface area (TPSA) is 50.8 Å². The number of thiophene rings is 1. The molecule has 1 saturated heterocycles. The summed E-state index contributed by atoms with van der Waals surface area (Å²) < 4.78 is 11.4. The molecule has 3 heterocycles. The molecular formula is C20H24N2O3S. The molecule has 1 atom stereocenters. The molecule has 26 heavy (non-hydrogen) atoms. The third kappa shape index (κ3) is 4.44. The number of carbonyl (C=O) groups excluding carboxylic acids is 1. The summed E-state index contributed by atoms with van der Waals surface area (Å²) >= 11 is 1.81. The number of ether oxygens (including phenoxy) is 2. The van der Waals surface area contributed by atoms with E-state index < -0.39 is 0 Å². The van der Waals surface area contributed by atoms with Crippen molar-refractivity contribution < 1.29 is 14.3 Å². The lowest BCUT2D eigenvalue weighted by atomic mass is 10.1. The van der Waals surface area contributed by atoms with E-state index in [4.69, 9.17) is 9.47 Å². The van der Waals surface area contributed by atoms with Crippen LogP contribution in [0, 0.1) is 0 Å². The Morgan fingerprint density at radius 2 is 2.35 bits per heavy atom. The first-order valence-corrected chi connectivity index (χ1v) is 10.1. The van der Waals surface area contributed by atoms with Gasteiger partial charge in [-0.25, -0.2) is 0 Å². The van der Waals surface area contributed by atoms with E-state index in [0.717, 1.165) is 50.4 Å². The van der Waals surface area contributed by atoms with Gasteiger partial charge in [0.2, 0.25) is 5.91 Å². The van der Waals surface area contributed by atoms with Crippen LogP contribution in [0.25, 0.3) is 0 Å². The number of benzene rings is 1. The Morgan fingerprint density at radius 1 is 1.38 bits per heavy atom. The van der Waals surface area contributed by atoms with Gasteiger partial charge in [0.15, 0.2) is 0 Å². The van der Waals surface area contributed by atoms with Gasteiger partial charge < -0.3 is 14.8 Å². The van der Waals surface area contributed by atoms with Crippen LogP contribution in [0.5, 0.6) is 5.75 Å². The lowest BCUT2D eigenvalue weighted by Gasteiger charge is -2.26. The predicted octanol–water partition coefficient (Wildman–Crippen LogP) is 3.30. The normalized spacial score (nSPS) is 19.9. The third-order valence-corrected chi connectivity index (χ3v) is 5.85. The summed E-state index contributed by atoms with van der Waals surface area (Å²) in [5.74, 6) is 0.777. The fourth-order valence-corrected chi connectivity index (χ4v) is 4.36. The molecule has 2 aliphatic rings. The van der Waals surface area contributed by atoms with E-state index in [1.807, 2.05) is 35.6 Å². The number of rotatable bonds is 6. The molecule has 4 rings (SSSR count). The quantitative estimate of drug-likeness (QED) is 0.845. The minimum absolute atomic E-state index is 0.0138. The molecule has 2 aromatic rings. The first kappa shape index (κ1) is 17.5. The van der Waals surface area contributed by atoms with Crippen molar-refractivity contribution in [3.63, 3.8) is 0 Å². The van der Waals surface area contributed by atoms with Gasteiger partial charge in [0, 0.05) is 36.3 Å². The zero-order valence-corrected chi connectivity index (χ0v) is 15.6. The molecule has 1 amide bonds. The highest BCUT2D eigenvalue weighted by molar-refractivity contribution is 7.10. The summed E-state index contributed by atoms with van der Waals surface area (Å²) in [6.07, 6.45) is 3.38. The summed E-state index contributed by atoms with van der Waals surface area (Å²) in [6.45, 7) is 3.60. The molecule has 1 unspecified atom stereocenters. The number of amides is 1. The lowest BCUT2D eigenvalue weighted by molar-refractivity contribution is -0.117. The van der Waals surface area contributed by atoms with Gasteiger partial charge in [0.1, 0.15) is 12.4 Å². The largest absolute Gasteiger partial charge is 0.491 e. The van der Waals surface area contributed by atoms with Gasteiger partial charge in [-0.3, -0.25) is 9.69 Å². The van der Waals surface area contributed by atoms with Crippen molar-refractivity contribution in [2.24, 2.45) is 0 Å². The molecule has 138 valence electrons. The van der Waals surface area contributed by atoms with Crippen LogP contribution in [0.3, 0.4) is 0 Å². The number of carbonyl (C=O) groups is 1. The Kier molecular flexibility index (Phi) is 5.53. The van der Waals surface area contributed by atoms with Gasteiger partial charge in [-0.1, -0.05) is 6.07 Å². The van der Waals surface area contributed by atoms with Crippen molar-refractivity contribution in [1.29, 1.82) is 0 Å². The Bertz CT molecular complexity index is 755. The molecule has 1 fully saturated rings. The number of anilines is 1. The van der Waals surface area contributed by atoms with Gasteiger partial charge in [-0.15, -0.1) is 11.3 Å². The van der Waals surface area contributed by atoms with Crippen molar-refractivity contribution in [2.45, 2.75) is 31.9 Å². The molecule has 0 aliphatic carbocycles. The maximum Gasteiger partial charge on any atom is 0.238 e. The van der Waals surface area contributed by atoms with Crippen molar-refractivity contribution >= 4 is 22.9 Å². The first-order valence-electron chi connectivity index (χ1n) is 9.18. The van der Waals surface area contributed by atoms with Crippen molar-refractivity contribution in [1.82, 2.24) is 4.90 Å². The Balaban J connectivity index is 1.28. The maximum absolute atomic E-state index is 12.4. The van der Waals surface area contributed by atoms with Crippen LogP contribution in [-0.2, 0) is 22.5 Å². The second-order valence-corrected chi connectivity index (χ2v) is 7.85. The first-order chi connectivity index (χ1) is 12.8. The molecule has 1 aromatic carbocycles. The average molecular weight is 372 g/mol. The van der Waals surface area contributed by atoms with Crippen LogP contribution in [-0.4, -0.2) is 43.2 Å². The lowest BCUT2D eigenvalue weighted by Crippen LogP contribution is -2.36. The Labute approximate surface area is 157 Å². The Morgan fingerprint density at radius 3 is 3.23 bits per heavy atom. The molecule has 2 aliphatic heterocycles. The number of nitrogens with zero attached hydrogens (tertiary/aromatic N) is 1. The zero-order chi connectivity index (χ0) is 17.8. The standard InChI is InChI=1S/C20H24N2O3S/c23-20(13-22-8-6-19-15(12-22)7-10-26-19)21-16-3-1-4-17(11-16)25-14-18-5-2-9-24-18/h1,3-4,7,10-11,18H,2,5-6,8-9,12-14H2,(H,21,23). The van der Waals surface area contributed by atoms with Gasteiger partial charge in [0.05, 0.1) is 12.6 Å². The maximum atomic E-state index is 12.4. The van der Waals surface area contributed by atoms with Gasteiger partial charge in [0.25, 0.3) is 0 Å². The number of nitrogens with one attached hydrogen (secondary N) is 1. The molecule has 1 N–H and O–H groups in total.